The minimum absolute atomic E-state index is 0.165. The van der Waals surface area contributed by atoms with E-state index >= 15 is 0 Å². The third-order valence-corrected chi connectivity index (χ3v) is 5.76. The summed E-state index contributed by atoms with van der Waals surface area (Å²) in [7, 11) is 0. The number of piperidine rings is 1. The second-order valence-electron chi connectivity index (χ2n) is 8.15. The van der Waals surface area contributed by atoms with E-state index in [1.165, 1.54) is 0 Å². The van der Waals surface area contributed by atoms with E-state index in [1.54, 1.807) is 9.91 Å². The van der Waals surface area contributed by atoms with Gasteiger partial charge in [0.1, 0.15) is 6.61 Å². The molecule has 1 N–H and O–H groups in total. The Labute approximate surface area is 187 Å². The van der Waals surface area contributed by atoms with Gasteiger partial charge in [-0.05, 0) is 18.4 Å². The van der Waals surface area contributed by atoms with Crippen LogP contribution in [0.15, 0.2) is 30.3 Å². The zero-order valence-corrected chi connectivity index (χ0v) is 18.5. The van der Waals surface area contributed by atoms with Crippen molar-refractivity contribution in [3.63, 3.8) is 0 Å². The Morgan fingerprint density at radius 1 is 1.09 bits per heavy atom. The highest BCUT2D eigenvalue weighted by Gasteiger charge is 2.49. The van der Waals surface area contributed by atoms with Gasteiger partial charge in [0.05, 0.1) is 19.2 Å². The van der Waals surface area contributed by atoms with E-state index in [2.05, 4.69) is 5.43 Å². The number of rotatable bonds is 7. The van der Waals surface area contributed by atoms with Crippen LogP contribution in [-0.2, 0) is 16.1 Å². The molecule has 0 aliphatic carbocycles. The number of hydrazine groups is 1. The van der Waals surface area contributed by atoms with Gasteiger partial charge in [-0.25, -0.2) is 23.4 Å². The van der Waals surface area contributed by atoms with Crippen LogP contribution in [0.25, 0.3) is 0 Å². The van der Waals surface area contributed by atoms with Crippen molar-refractivity contribution in [1.29, 1.82) is 0 Å². The number of nitrogens with zero attached hydrogens (tertiary/aromatic N) is 3. The molecule has 1 aromatic carbocycles. The van der Waals surface area contributed by atoms with Crippen LogP contribution in [-0.4, -0.2) is 84.8 Å². The van der Waals surface area contributed by atoms with Gasteiger partial charge >= 0.3 is 12.2 Å². The fourth-order valence-electron chi connectivity index (χ4n) is 3.96. The number of hydrogen-bond acceptors (Lipinski definition) is 6. The Morgan fingerprint density at radius 2 is 1.81 bits per heavy atom. The lowest BCUT2D eigenvalue weighted by molar-refractivity contribution is -0.130. The van der Waals surface area contributed by atoms with Crippen LogP contribution in [0, 0.1) is 0 Å². The minimum Gasteiger partial charge on any atom is -0.449 e. The molecule has 178 valence electrons. The Kier molecular flexibility index (Phi) is 8.63. The highest BCUT2D eigenvalue weighted by atomic mass is 19.3. The Bertz CT molecular complexity index is 745. The summed E-state index contributed by atoms with van der Waals surface area (Å²) in [4.78, 5) is 26.9. The summed E-state index contributed by atoms with van der Waals surface area (Å²) in [6, 6.07) is 8.41. The molecule has 2 saturated heterocycles. The van der Waals surface area contributed by atoms with E-state index in [4.69, 9.17) is 9.47 Å². The normalized spacial score (nSPS) is 21.7. The van der Waals surface area contributed by atoms with Gasteiger partial charge in [0.2, 0.25) is 0 Å². The van der Waals surface area contributed by atoms with Crippen molar-refractivity contribution in [3.05, 3.63) is 35.9 Å². The molecule has 2 fully saturated rings. The molecule has 1 unspecified atom stereocenters. The monoisotopic (exact) mass is 454 g/mol. The number of piperazine rings is 1. The summed E-state index contributed by atoms with van der Waals surface area (Å²) in [6.45, 7) is 3.60. The first-order valence-electron chi connectivity index (χ1n) is 11.1. The molecule has 1 atom stereocenters. The highest BCUT2D eigenvalue weighted by molar-refractivity contribution is 5.68. The predicted molar refractivity (Wildman–Crippen MR) is 114 cm³/mol. The number of ether oxygens (including phenoxy) is 2. The number of unbranched alkanes of at least 4 members (excludes halogenated alkanes) is 1. The molecule has 3 rings (SSSR count). The molecule has 8 nitrogen and oxygen atoms in total. The molecule has 0 aromatic heterocycles. The van der Waals surface area contributed by atoms with Crippen LogP contribution in [0.4, 0.5) is 18.4 Å². The fraction of sp³-hybridized carbons (Fsp3) is 0.636. The van der Waals surface area contributed by atoms with Crippen LogP contribution in [0.5, 0.6) is 0 Å². The van der Waals surface area contributed by atoms with Gasteiger partial charge in [-0.3, -0.25) is 10.3 Å². The molecule has 0 radical (unpaired) electrons. The van der Waals surface area contributed by atoms with Gasteiger partial charge in [0.25, 0.3) is 5.92 Å². The number of amides is 2. The molecule has 2 aliphatic heterocycles. The molecule has 2 amide bonds. The van der Waals surface area contributed by atoms with Crippen LogP contribution in [0.1, 0.15) is 31.7 Å². The molecule has 0 spiro atoms. The summed E-state index contributed by atoms with van der Waals surface area (Å²) >= 11 is 0. The van der Waals surface area contributed by atoms with Crippen LogP contribution >= 0.6 is 0 Å². The number of hydrogen-bond donors (Lipinski definition) is 1. The lowest BCUT2D eigenvalue weighted by atomic mass is 9.98. The molecule has 0 bridgehead atoms. The van der Waals surface area contributed by atoms with Crippen molar-refractivity contribution in [2.24, 2.45) is 0 Å². The third kappa shape index (κ3) is 6.77. The maximum absolute atomic E-state index is 14.8. The summed E-state index contributed by atoms with van der Waals surface area (Å²) in [5.74, 6) is -3.02. The number of benzene rings is 1. The lowest BCUT2D eigenvalue weighted by Crippen LogP contribution is -2.63. The first-order chi connectivity index (χ1) is 15.4. The largest absolute Gasteiger partial charge is 0.449 e. The highest BCUT2D eigenvalue weighted by Crippen LogP contribution is 2.32. The van der Waals surface area contributed by atoms with Crippen molar-refractivity contribution in [1.82, 2.24) is 20.2 Å². The first kappa shape index (κ1) is 24.2. The van der Waals surface area contributed by atoms with Crippen molar-refractivity contribution < 1.29 is 27.8 Å². The smallest absolute Gasteiger partial charge is 0.422 e. The van der Waals surface area contributed by atoms with Crippen LogP contribution in [0.2, 0.25) is 0 Å². The minimum atomic E-state index is -3.02. The zero-order valence-electron chi connectivity index (χ0n) is 18.5. The zero-order chi connectivity index (χ0) is 23.0. The van der Waals surface area contributed by atoms with Gasteiger partial charge < -0.3 is 14.4 Å². The second-order valence-corrected chi connectivity index (χ2v) is 8.15. The Balaban J connectivity index is 1.40. The van der Waals surface area contributed by atoms with E-state index in [-0.39, 0.29) is 26.2 Å². The number of likely N-dealkylation sites (tertiary alicyclic amines) is 1. The van der Waals surface area contributed by atoms with Gasteiger partial charge in [-0.2, -0.15) is 0 Å². The maximum Gasteiger partial charge on any atom is 0.422 e. The average Bonchev–Trinajstić information content (AvgIpc) is 2.78. The SMILES string of the molecule is CCCCOC(=O)N1CCC(N2CCN(NC(=O)OCc3ccccc3)CC2)C(F)(F)C1. The fourth-order valence-corrected chi connectivity index (χ4v) is 3.96. The topological polar surface area (TPSA) is 74.4 Å². The van der Waals surface area contributed by atoms with Gasteiger partial charge in [-0.1, -0.05) is 43.7 Å². The van der Waals surface area contributed by atoms with E-state index in [1.807, 2.05) is 37.3 Å². The van der Waals surface area contributed by atoms with E-state index in [9.17, 15) is 18.4 Å². The van der Waals surface area contributed by atoms with Crippen molar-refractivity contribution in [2.45, 2.75) is 44.8 Å². The quantitative estimate of drug-likeness (QED) is 0.639. The number of carbonyl (C=O) groups is 2. The molecule has 0 saturated carbocycles. The molecular weight excluding hydrogens is 422 g/mol. The third-order valence-electron chi connectivity index (χ3n) is 5.76. The summed E-state index contributed by atoms with van der Waals surface area (Å²) in [5.41, 5.74) is 3.55. The summed E-state index contributed by atoms with van der Waals surface area (Å²) in [6.07, 6.45) is 0.540. The van der Waals surface area contributed by atoms with E-state index in [0.717, 1.165) is 23.3 Å². The summed E-state index contributed by atoms with van der Waals surface area (Å²) in [5, 5.41) is 1.68. The molecule has 2 heterocycles. The number of alkyl halides is 2. The molecule has 10 heteroatoms. The molecular formula is C22H32F2N4O4. The van der Waals surface area contributed by atoms with E-state index < -0.39 is 30.7 Å². The number of carbonyl (C=O) groups excluding carboxylic acids is 2. The van der Waals surface area contributed by atoms with Crippen LogP contribution < -0.4 is 5.43 Å². The molecule has 32 heavy (non-hydrogen) atoms. The average molecular weight is 455 g/mol. The van der Waals surface area contributed by atoms with Gasteiger partial charge in [0, 0.05) is 32.7 Å². The Hall–Kier alpha value is -2.46. The van der Waals surface area contributed by atoms with Crippen LogP contribution in [0.3, 0.4) is 0 Å². The molecule has 2 aliphatic rings. The van der Waals surface area contributed by atoms with E-state index in [0.29, 0.717) is 26.2 Å². The predicted octanol–water partition coefficient (Wildman–Crippen LogP) is 3.09. The second kappa shape index (κ2) is 11.4. The first-order valence-corrected chi connectivity index (χ1v) is 11.1. The number of nitrogens with one attached hydrogen (secondary N) is 1. The van der Waals surface area contributed by atoms with Crippen molar-refractivity contribution >= 4 is 12.2 Å². The van der Waals surface area contributed by atoms with Crippen molar-refractivity contribution in [2.75, 3.05) is 45.9 Å². The number of halogens is 2. The lowest BCUT2D eigenvalue weighted by Gasteiger charge is -2.45. The summed E-state index contributed by atoms with van der Waals surface area (Å²) < 4.78 is 39.9. The van der Waals surface area contributed by atoms with Crippen molar-refractivity contribution in [3.8, 4) is 0 Å². The van der Waals surface area contributed by atoms with Gasteiger partial charge in [-0.15, -0.1) is 0 Å². The standard InChI is InChI=1S/C22H32F2N4O4/c1-2-3-15-31-21(30)27-10-9-19(22(23,24)17-27)26-11-13-28(14-12-26)25-20(29)32-16-18-7-5-4-6-8-18/h4-8,19H,2-3,9-17H2,1H3,(H,25,29). The van der Waals surface area contributed by atoms with Gasteiger partial charge in [0.15, 0.2) is 0 Å². The maximum atomic E-state index is 14.8. The Morgan fingerprint density at radius 3 is 2.47 bits per heavy atom. The molecule has 1 aromatic rings.